The van der Waals surface area contributed by atoms with Crippen LogP contribution in [0.1, 0.15) is 5.56 Å². The standard InChI is InChI=1S/C13H9F3O2S/c14-13(15,16)11-8-4-7-10(12(11)19(17)18)9-5-2-1-3-6-9/h1-8H,(H,17,18)/p-1. The van der Waals surface area contributed by atoms with E-state index < -0.39 is 27.7 Å². The molecular weight excluding hydrogens is 277 g/mol. The van der Waals surface area contributed by atoms with Crippen molar-refractivity contribution in [3.05, 3.63) is 54.1 Å². The number of rotatable bonds is 2. The van der Waals surface area contributed by atoms with Crippen LogP contribution >= 0.6 is 0 Å². The minimum Gasteiger partial charge on any atom is -0.768 e. The fourth-order valence-corrected chi connectivity index (χ4v) is 2.51. The van der Waals surface area contributed by atoms with Crippen LogP contribution in [0.4, 0.5) is 13.2 Å². The molecule has 2 rings (SSSR count). The molecule has 0 fully saturated rings. The van der Waals surface area contributed by atoms with Gasteiger partial charge in [0.05, 0.1) is 5.56 Å². The van der Waals surface area contributed by atoms with E-state index in [0.29, 0.717) is 5.56 Å². The molecule has 0 heterocycles. The summed E-state index contributed by atoms with van der Waals surface area (Å²) >= 11 is -2.97. The molecule has 2 nitrogen and oxygen atoms in total. The van der Waals surface area contributed by atoms with Crippen LogP contribution in [0, 0.1) is 0 Å². The van der Waals surface area contributed by atoms with Crippen LogP contribution < -0.4 is 0 Å². The maximum Gasteiger partial charge on any atom is 0.417 e. The number of alkyl halides is 3. The first-order chi connectivity index (χ1) is 8.91. The van der Waals surface area contributed by atoms with Gasteiger partial charge in [-0.25, -0.2) is 0 Å². The Hall–Kier alpha value is -1.66. The zero-order valence-electron chi connectivity index (χ0n) is 9.48. The zero-order chi connectivity index (χ0) is 14.0. The lowest BCUT2D eigenvalue weighted by Gasteiger charge is -2.18. The van der Waals surface area contributed by atoms with Crippen LogP contribution in [0.15, 0.2) is 53.4 Å². The first-order valence-electron chi connectivity index (χ1n) is 5.26. The summed E-state index contributed by atoms with van der Waals surface area (Å²) in [5.74, 6) is 0. The van der Waals surface area contributed by atoms with E-state index >= 15 is 0 Å². The van der Waals surface area contributed by atoms with Crippen molar-refractivity contribution in [2.24, 2.45) is 0 Å². The summed E-state index contributed by atoms with van der Waals surface area (Å²) in [6.45, 7) is 0. The van der Waals surface area contributed by atoms with Gasteiger partial charge in [0.1, 0.15) is 0 Å². The average Bonchev–Trinajstić information content (AvgIpc) is 2.37. The summed E-state index contributed by atoms with van der Waals surface area (Å²) in [7, 11) is 0. The van der Waals surface area contributed by atoms with Crippen molar-refractivity contribution >= 4 is 11.1 Å². The van der Waals surface area contributed by atoms with Gasteiger partial charge in [-0.2, -0.15) is 13.2 Å². The second-order valence-electron chi connectivity index (χ2n) is 3.78. The highest BCUT2D eigenvalue weighted by molar-refractivity contribution is 7.79. The molecule has 100 valence electrons. The lowest BCUT2D eigenvalue weighted by Crippen LogP contribution is -2.11. The number of halogens is 3. The van der Waals surface area contributed by atoms with E-state index in [1.54, 1.807) is 30.3 Å². The smallest absolute Gasteiger partial charge is 0.417 e. The van der Waals surface area contributed by atoms with Crippen molar-refractivity contribution in [1.82, 2.24) is 0 Å². The SMILES string of the molecule is O=S([O-])c1c(-c2ccccc2)cccc1C(F)(F)F. The topological polar surface area (TPSA) is 40.1 Å². The molecule has 0 amide bonds. The van der Waals surface area contributed by atoms with E-state index in [9.17, 15) is 21.9 Å². The number of hydrogen-bond acceptors (Lipinski definition) is 2. The molecular formula is C13H8F3O2S-. The Labute approximate surface area is 110 Å². The van der Waals surface area contributed by atoms with Crippen molar-refractivity contribution in [1.29, 1.82) is 0 Å². The second kappa shape index (κ2) is 5.14. The molecule has 0 saturated carbocycles. The van der Waals surface area contributed by atoms with Crippen LogP contribution in [-0.2, 0) is 17.3 Å². The molecule has 0 N–H and O–H groups in total. The molecule has 6 heteroatoms. The third-order valence-electron chi connectivity index (χ3n) is 2.57. The molecule has 0 aliphatic carbocycles. The number of hydrogen-bond donors (Lipinski definition) is 0. The molecule has 0 aliphatic rings. The molecule has 0 bridgehead atoms. The third-order valence-corrected chi connectivity index (χ3v) is 3.35. The lowest BCUT2D eigenvalue weighted by atomic mass is 10.0. The minimum atomic E-state index is -4.71. The fraction of sp³-hybridized carbons (Fsp3) is 0.0769. The van der Waals surface area contributed by atoms with Gasteiger partial charge >= 0.3 is 6.18 Å². The van der Waals surface area contributed by atoms with Gasteiger partial charge in [0.25, 0.3) is 0 Å². The summed E-state index contributed by atoms with van der Waals surface area (Å²) in [6, 6.07) is 11.4. The number of benzene rings is 2. The van der Waals surface area contributed by atoms with E-state index in [1.807, 2.05) is 0 Å². The molecule has 1 atom stereocenters. The highest BCUT2D eigenvalue weighted by Crippen LogP contribution is 2.38. The summed E-state index contributed by atoms with van der Waals surface area (Å²) in [5.41, 5.74) is -0.682. The quantitative estimate of drug-likeness (QED) is 0.791. The first kappa shape index (κ1) is 13.8. The minimum absolute atomic E-state index is 0.0451. The average molecular weight is 285 g/mol. The predicted molar refractivity (Wildman–Crippen MR) is 64.1 cm³/mol. The molecule has 1 unspecified atom stereocenters. The molecule has 0 radical (unpaired) electrons. The monoisotopic (exact) mass is 285 g/mol. The van der Waals surface area contributed by atoms with E-state index in [1.165, 1.54) is 12.1 Å². The van der Waals surface area contributed by atoms with Gasteiger partial charge in [-0.15, -0.1) is 0 Å². The van der Waals surface area contributed by atoms with Crippen molar-refractivity contribution in [2.45, 2.75) is 11.1 Å². The molecule has 0 aromatic heterocycles. The Morgan fingerprint density at radius 3 is 2.11 bits per heavy atom. The summed E-state index contributed by atoms with van der Waals surface area (Å²) in [6.07, 6.45) is -4.71. The van der Waals surface area contributed by atoms with Crippen LogP contribution in [-0.4, -0.2) is 8.76 Å². The Bertz CT molecular complexity index is 609. The summed E-state index contributed by atoms with van der Waals surface area (Å²) in [4.78, 5) is -0.721. The van der Waals surface area contributed by atoms with Gasteiger partial charge in [-0.1, -0.05) is 42.5 Å². The van der Waals surface area contributed by atoms with Gasteiger partial charge in [-0.05, 0) is 28.3 Å². The van der Waals surface area contributed by atoms with E-state index in [4.69, 9.17) is 0 Å². The Balaban J connectivity index is 2.73. The van der Waals surface area contributed by atoms with E-state index in [2.05, 4.69) is 0 Å². The molecule has 0 aliphatic heterocycles. The summed E-state index contributed by atoms with van der Waals surface area (Å²) < 4.78 is 60.8. The van der Waals surface area contributed by atoms with E-state index in [-0.39, 0.29) is 5.56 Å². The van der Waals surface area contributed by atoms with Gasteiger partial charge in [0.15, 0.2) is 0 Å². The molecule has 2 aromatic rings. The Morgan fingerprint density at radius 1 is 0.947 bits per heavy atom. The molecule has 19 heavy (non-hydrogen) atoms. The molecule has 2 aromatic carbocycles. The lowest BCUT2D eigenvalue weighted by molar-refractivity contribution is -0.139. The molecule has 0 spiro atoms. The van der Waals surface area contributed by atoms with Gasteiger partial charge in [0.2, 0.25) is 0 Å². The van der Waals surface area contributed by atoms with Crippen molar-refractivity contribution < 1.29 is 21.9 Å². The first-order valence-corrected chi connectivity index (χ1v) is 6.33. The second-order valence-corrected chi connectivity index (χ2v) is 4.66. The van der Waals surface area contributed by atoms with Gasteiger partial charge in [0, 0.05) is 4.90 Å². The highest BCUT2D eigenvalue weighted by Gasteiger charge is 2.34. The Morgan fingerprint density at radius 2 is 1.58 bits per heavy atom. The van der Waals surface area contributed by atoms with Crippen molar-refractivity contribution in [3.63, 3.8) is 0 Å². The Kier molecular flexibility index (Phi) is 3.73. The van der Waals surface area contributed by atoms with Crippen LogP contribution in [0.5, 0.6) is 0 Å². The largest absolute Gasteiger partial charge is 0.768 e. The maximum atomic E-state index is 12.8. The van der Waals surface area contributed by atoms with Crippen molar-refractivity contribution in [3.8, 4) is 11.1 Å². The highest BCUT2D eigenvalue weighted by atomic mass is 32.2. The maximum absolute atomic E-state index is 12.8. The third kappa shape index (κ3) is 2.85. The van der Waals surface area contributed by atoms with Crippen LogP contribution in [0.25, 0.3) is 11.1 Å². The zero-order valence-corrected chi connectivity index (χ0v) is 10.3. The normalized spacial score (nSPS) is 13.3. The van der Waals surface area contributed by atoms with Gasteiger partial charge < -0.3 is 4.55 Å². The van der Waals surface area contributed by atoms with E-state index in [0.717, 1.165) is 6.07 Å². The predicted octanol–water partition coefficient (Wildman–Crippen LogP) is 3.61. The van der Waals surface area contributed by atoms with Gasteiger partial charge in [-0.3, -0.25) is 4.21 Å². The fourth-order valence-electron chi connectivity index (χ4n) is 1.78. The van der Waals surface area contributed by atoms with Crippen LogP contribution in [0.3, 0.4) is 0 Å². The molecule has 0 saturated heterocycles. The summed E-state index contributed by atoms with van der Waals surface area (Å²) in [5, 5.41) is 0. The van der Waals surface area contributed by atoms with Crippen molar-refractivity contribution in [2.75, 3.05) is 0 Å². The van der Waals surface area contributed by atoms with Crippen LogP contribution in [0.2, 0.25) is 0 Å².